The van der Waals surface area contributed by atoms with Crippen molar-refractivity contribution in [3.8, 4) is 0 Å². The molecule has 1 unspecified atom stereocenters. The van der Waals surface area contributed by atoms with E-state index < -0.39 is 5.97 Å². The number of rotatable bonds is 5. The molecule has 2 N–H and O–H groups in total. The van der Waals surface area contributed by atoms with Crippen LogP contribution < -0.4 is 5.32 Å². The van der Waals surface area contributed by atoms with Crippen LogP contribution in [0.2, 0.25) is 0 Å². The number of carbonyl (C=O) groups is 2. The molecule has 1 fully saturated rings. The maximum absolute atomic E-state index is 12.2. The first-order chi connectivity index (χ1) is 9.43. The molecule has 20 heavy (non-hydrogen) atoms. The number of carbonyl (C=O) groups excluding carboxylic acids is 1. The summed E-state index contributed by atoms with van der Waals surface area (Å²) in [4.78, 5) is 26.6. The Morgan fingerprint density at radius 3 is 2.45 bits per heavy atom. The Balaban J connectivity index is 2.47. The average Bonchev–Trinajstić information content (AvgIpc) is 2.60. The van der Waals surface area contributed by atoms with Crippen LogP contribution >= 0.6 is 0 Å². The minimum atomic E-state index is -0.811. The lowest BCUT2D eigenvalue weighted by molar-refractivity contribution is -0.138. The number of hydrogen-bond donors (Lipinski definition) is 2. The highest BCUT2D eigenvalue weighted by Crippen LogP contribution is 2.08. The summed E-state index contributed by atoms with van der Waals surface area (Å²) in [5, 5.41) is 11.9. The third-order valence-corrected chi connectivity index (χ3v) is 3.79. The molecule has 0 saturated carbocycles. The second-order valence-corrected chi connectivity index (χ2v) is 5.72. The Morgan fingerprint density at radius 1 is 1.20 bits per heavy atom. The zero-order chi connectivity index (χ0) is 15.1. The lowest BCUT2D eigenvalue weighted by Crippen LogP contribution is -2.47. The van der Waals surface area contributed by atoms with Crippen molar-refractivity contribution in [2.24, 2.45) is 5.92 Å². The van der Waals surface area contributed by atoms with Crippen molar-refractivity contribution >= 4 is 12.0 Å². The Morgan fingerprint density at radius 2 is 1.90 bits per heavy atom. The van der Waals surface area contributed by atoms with Crippen molar-refractivity contribution in [1.82, 2.24) is 15.1 Å². The quantitative estimate of drug-likeness (QED) is 0.796. The first-order valence-electron chi connectivity index (χ1n) is 7.43. The number of carboxylic acid groups (broad SMARTS) is 1. The van der Waals surface area contributed by atoms with Crippen molar-refractivity contribution in [2.75, 3.05) is 32.7 Å². The molecular formula is C14H27N3O3. The zero-order valence-corrected chi connectivity index (χ0v) is 12.8. The van der Waals surface area contributed by atoms with Gasteiger partial charge in [-0.1, -0.05) is 20.8 Å². The second kappa shape index (κ2) is 8.09. The standard InChI is InChI=1S/C14H27N3O3/c1-4-12(11(2)3)15-14(20)17-7-5-6-16(8-9-17)10-13(18)19/h11-12H,4-10H2,1-3H3,(H,15,20)(H,18,19). The van der Waals surface area contributed by atoms with Crippen molar-refractivity contribution in [3.05, 3.63) is 0 Å². The van der Waals surface area contributed by atoms with Gasteiger partial charge in [-0.3, -0.25) is 9.69 Å². The van der Waals surface area contributed by atoms with Crippen LogP contribution in [0.4, 0.5) is 4.79 Å². The fourth-order valence-electron chi connectivity index (χ4n) is 2.51. The van der Waals surface area contributed by atoms with E-state index in [9.17, 15) is 9.59 Å². The average molecular weight is 285 g/mol. The van der Waals surface area contributed by atoms with E-state index in [1.807, 2.05) is 4.90 Å². The van der Waals surface area contributed by atoms with Crippen molar-refractivity contribution in [1.29, 1.82) is 0 Å². The van der Waals surface area contributed by atoms with Gasteiger partial charge in [0.05, 0.1) is 6.54 Å². The van der Waals surface area contributed by atoms with E-state index in [-0.39, 0.29) is 18.6 Å². The lowest BCUT2D eigenvalue weighted by atomic mass is 10.0. The number of carboxylic acids is 1. The van der Waals surface area contributed by atoms with Crippen molar-refractivity contribution in [3.63, 3.8) is 0 Å². The van der Waals surface area contributed by atoms with Gasteiger partial charge >= 0.3 is 12.0 Å². The van der Waals surface area contributed by atoms with E-state index in [1.165, 1.54) is 0 Å². The molecule has 1 aliphatic rings. The van der Waals surface area contributed by atoms with Crippen LogP contribution in [0.5, 0.6) is 0 Å². The van der Waals surface area contributed by atoms with Crippen molar-refractivity contribution in [2.45, 2.75) is 39.7 Å². The Kier molecular flexibility index (Phi) is 6.78. The lowest BCUT2D eigenvalue weighted by Gasteiger charge is -2.27. The molecule has 1 saturated heterocycles. The minimum absolute atomic E-state index is 0.0253. The summed E-state index contributed by atoms with van der Waals surface area (Å²) in [7, 11) is 0. The summed E-state index contributed by atoms with van der Waals surface area (Å²) >= 11 is 0. The summed E-state index contributed by atoms with van der Waals surface area (Å²) in [6, 6.07) is 0.170. The number of hydrogen-bond acceptors (Lipinski definition) is 3. The first-order valence-corrected chi connectivity index (χ1v) is 7.43. The van der Waals surface area contributed by atoms with Gasteiger partial charge in [0, 0.05) is 32.2 Å². The van der Waals surface area contributed by atoms with Crippen LogP contribution in [0.15, 0.2) is 0 Å². The molecule has 0 bridgehead atoms. The maximum atomic E-state index is 12.2. The number of urea groups is 1. The monoisotopic (exact) mass is 285 g/mol. The molecule has 1 rings (SSSR count). The van der Waals surface area contributed by atoms with E-state index in [2.05, 4.69) is 26.1 Å². The van der Waals surface area contributed by atoms with E-state index in [0.717, 1.165) is 19.4 Å². The van der Waals surface area contributed by atoms with Gasteiger partial charge in [-0.25, -0.2) is 4.79 Å². The van der Waals surface area contributed by atoms with Crippen LogP contribution in [0.3, 0.4) is 0 Å². The topological polar surface area (TPSA) is 72.9 Å². The molecule has 2 amide bonds. The smallest absolute Gasteiger partial charge is 0.317 e. The van der Waals surface area contributed by atoms with Crippen LogP contribution in [-0.2, 0) is 4.79 Å². The fourth-order valence-corrected chi connectivity index (χ4v) is 2.51. The highest BCUT2D eigenvalue weighted by molar-refractivity contribution is 5.74. The van der Waals surface area contributed by atoms with Gasteiger partial charge in [0.15, 0.2) is 0 Å². The second-order valence-electron chi connectivity index (χ2n) is 5.72. The Bertz CT molecular complexity index is 334. The van der Waals surface area contributed by atoms with Gasteiger partial charge in [0.2, 0.25) is 0 Å². The molecular weight excluding hydrogens is 258 g/mol. The first kappa shape index (κ1) is 16.8. The van der Waals surface area contributed by atoms with Gasteiger partial charge in [-0.2, -0.15) is 0 Å². The molecule has 116 valence electrons. The summed E-state index contributed by atoms with van der Waals surface area (Å²) in [6.45, 7) is 8.97. The molecule has 0 radical (unpaired) electrons. The van der Waals surface area contributed by atoms with E-state index in [4.69, 9.17) is 5.11 Å². The highest BCUT2D eigenvalue weighted by atomic mass is 16.4. The van der Waals surface area contributed by atoms with Crippen LogP contribution in [0.25, 0.3) is 0 Å². The molecule has 1 atom stereocenters. The summed E-state index contributed by atoms with van der Waals surface area (Å²) < 4.78 is 0. The molecule has 0 aromatic rings. The minimum Gasteiger partial charge on any atom is -0.480 e. The van der Waals surface area contributed by atoms with Gasteiger partial charge in [0.25, 0.3) is 0 Å². The molecule has 0 aromatic carbocycles. The van der Waals surface area contributed by atoms with Crippen molar-refractivity contribution < 1.29 is 14.7 Å². The summed E-state index contributed by atoms with van der Waals surface area (Å²) in [5.41, 5.74) is 0. The molecule has 1 heterocycles. The number of nitrogens with zero attached hydrogens (tertiary/aromatic N) is 2. The van der Waals surface area contributed by atoms with Gasteiger partial charge in [0.1, 0.15) is 0 Å². The molecule has 6 nitrogen and oxygen atoms in total. The molecule has 0 aromatic heterocycles. The maximum Gasteiger partial charge on any atom is 0.317 e. The SMILES string of the molecule is CCC(NC(=O)N1CCCN(CC(=O)O)CC1)C(C)C. The third kappa shape index (κ3) is 5.36. The largest absolute Gasteiger partial charge is 0.480 e. The normalized spacial score (nSPS) is 18.7. The van der Waals surface area contributed by atoms with Gasteiger partial charge in [-0.15, -0.1) is 0 Å². The highest BCUT2D eigenvalue weighted by Gasteiger charge is 2.22. The Hall–Kier alpha value is -1.30. The summed E-state index contributed by atoms with van der Waals surface area (Å²) in [5.74, 6) is -0.395. The van der Waals surface area contributed by atoms with E-state index in [1.54, 1.807) is 4.90 Å². The number of aliphatic carboxylic acids is 1. The number of amides is 2. The van der Waals surface area contributed by atoms with Gasteiger partial charge in [-0.05, 0) is 18.8 Å². The zero-order valence-electron chi connectivity index (χ0n) is 12.8. The molecule has 0 aliphatic carbocycles. The van der Waals surface area contributed by atoms with E-state index in [0.29, 0.717) is 25.6 Å². The fraction of sp³-hybridized carbons (Fsp3) is 0.857. The predicted molar refractivity (Wildman–Crippen MR) is 77.7 cm³/mol. The third-order valence-electron chi connectivity index (χ3n) is 3.79. The number of nitrogens with one attached hydrogen (secondary N) is 1. The molecule has 1 aliphatic heterocycles. The van der Waals surface area contributed by atoms with Crippen LogP contribution in [0.1, 0.15) is 33.6 Å². The summed E-state index contributed by atoms with van der Waals surface area (Å²) in [6.07, 6.45) is 1.74. The van der Waals surface area contributed by atoms with E-state index >= 15 is 0 Å². The molecule has 0 spiro atoms. The van der Waals surface area contributed by atoms with Crippen LogP contribution in [0, 0.1) is 5.92 Å². The Labute approximate surface area is 121 Å². The molecule has 6 heteroatoms. The predicted octanol–water partition coefficient (Wildman–Crippen LogP) is 1.22. The van der Waals surface area contributed by atoms with Gasteiger partial charge < -0.3 is 15.3 Å². The van der Waals surface area contributed by atoms with Crippen LogP contribution in [-0.4, -0.2) is 65.7 Å².